The van der Waals surface area contributed by atoms with Gasteiger partial charge in [0.25, 0.3) is 0 Å². The lowest BCUT2D eigenvalue weighted by molar-refractivity contribution is 0.0696. The highest BCUT2D eigenvalue weighted by atomic mass is 16.4. The first-order valence-electron chi connectivity index (χ1n) is 7.00. The van der Waals surface area contributed by atoms with Crippen LogP contribution in [0.4, 0.5) is 0 Å². The van der Waals surface area contributed by atoms with E-state index in [1.54, 1.807) is 0 Å². The van der Waals surface area contributed by atoms with Crippen molar-refractivity contribution < 1.29 is 9.90 Å². The van der Waals surface area contributed by atoms with Crippen molar-refractivity contribution in [1.82, 2.24) is 9.78 Å². The highest BCUT2D eigenvalue weighted by Crippen LogP contribution is 2.32. The maximum absolute atomic E-state index is 11.1. The average Bonchev–Trinajstić information content (AvgIpc) is 2.81. The summed E-state index contributed by atoms with van der Waals surface area (Å²) in [6.07, 6.45) is 4.92. The zero-order valence-corrected chi connectivity index (χ0v) is 11.5. The number of aromatic carboxylic acids is 1. The number of rotatable bonds is 3. The maximum atomic E-state index is 11.1. The summed E-state index contributed by atoms with van der Waals surface area (Å²) in [7, 11) is 0. The highest BCUT2D eigenvalue weighted by Gasteiger charge is 2.22. The first kappa shape index (κ1) is 12.9. The number of nitrogens with zero attached hydrogens (tertiary/aromatic N) is 2. The van der Waals surface area contributed by atoms with Crippen molar-refractivity contribution in [3.05, 3.63) is 52.8 Å². The molecule has 4 heteroatoms. The van der Waals surface area contributed by atoms with Gasteiger partial charge >= 0.3 is 5.97 Å². The van der Waals surface area contributed by atoms with Gasteiger partial charge in [0.05, 0.1) is 6.20 Å². The summed E-state index contributed by atoms with van der Waals surface area (Å²) < 4.78 is 1.83. The van der Waals surface area contributed by atoms with Gasteiger partial charge in [-0.1, -0.05) is 24.3 Å². The molecule has 0 radical (unpaired) electrons. The van der Waals surface area contributed by atoms with E-state index in [1.165, 1.54) is 23.7 Å². The fourth-order valence-corrected chi connectivity index (χ4v) is 3.09. The monoisotopic (exact) mass is 270 g/mol. The van der Waals surface area contributed by atoms with Crippen LogP contribution >= 0.6 is 0 Å². The summed E-state index contributed by atoms with van der Waals surface area (Å²) in [6.45, 7) is 2.58. The lowest BCUT2D eigenvalue weighted by atomic mass is 9.83. The van der Waals surface area contributed by atoms with Gasteiger partial charge in [-0.25, -0.2) is 4.79 Å². The molecule has 0 fully saturated rings. The molecule has 20 heavy (non-hydrogen) atoms. The topological polar surface area (TPSA) is 55.1 Å². The van der Waals surface area contributed by atoms with Gasteiger partial charge in [-0.05, 0) is 37.3 Å². The third-order valence-electron chi connectivity index (χ3n) is 4.22. The molecule has 0 saturated heterocycles. The molecule has 0 aliphatic heterocycles. The second-order valence-electron chi connectivity index (χ2n) is 5.42. The third kappa shape index (κ3) is 2.22. The van der Waals surface area contributed by atoms with Crippen LogP contribution in [0.3, 0.4) is 0 Å². The van der Waals surface area contributed by atoms with Gasteiger partial charge in [-0.15, -0.1) is 0 Å². The molecule has 104 valence electrons. The van der Waals surface area contributed by atoms with Crippen molar-refractivity contribution in [3.8, 4) is 0 Å². The molecule has 1 aromatic heterocycles. The van der Waals surface area contributed by atoms with Crippen molar-refractivity contribution in [3.63, 3.8) is 0 Å². The Labute approximate surface area is 118 Å². The van der Waals surface area contributed by atoms with Crippen LogP contribution in [0, 0.1) is 6.92 Å². The Kier molecular flexibility index (Phi) is 3.30. The fourth-order valence-electron chi connectivity index (χ4n) is 3.09. The fraction of sp³-hybridized carbons (Fsp3) is 0.375. The standard InChI is InChI=1S/C16H18N2O2/c1-11-15(16(19)20)9-17-18(11)10-13-7-4-6-12-5-2-3-8-14(12)13/h2-3,5,8-9,13H,4,6-7,10H2,1H3,(H,19,20). The Morgan fingerprint density at radius 3 is 3.00 bits per heavy atom. The maximum Gasteiger partial charge on any atom is 0.339 e. The minimum absolute atomic E-state index is 0.300. The van der Waals surface area contributed by atoms with Crippen molar-refractivity contribution in [2.45, 2.75) is 38.6 Å². The number of benzene rings is 1. The third-order valence-corrected chi connectivity index (χ3v) is 4.22. The Bertz CT molecular complexity index is 646. The molecular weight excluding hydrogens is 252 g/mol. The largest absolute Gasteiger partial charge is 0.478 e. The number of aromatic nitrogens is 2. The number of fused-ring (bicyclic) bond motifs is 1. The molecule has 1 N–H and O–H groups in total. The van der Waals surface area contributed by atoms with Gasteiger partial charge in [0.1, 0.15) is 5.56 Å². The molecular formula is C16H18N2O2. The van der Waals surface area contributed by atoms with Gasteiger partial charge in [-0.2, -0.15) is 5.10 Å². The molecule has 3 rings (SSSR count). The molecule has 1 unspecified atom stereocenters. The SMILES string of the molecule is Cc1c(C(=O)O)cnn1CC1CCCc2ccccc21. The van der Waals surface area contributed by atoms with Crippen LogP contribution in [0.5, 0.6) is 0 Å². The summed E-state index contributed by atoms with van der Waals surface area (Å²) in [6, 6.07) is 8.55. The number of hydrogen-bond donors (Lipinski definition) is 1. The molecule has 4 nitrogen and oxygen atoms in total. The number of carbonyl (C=O) groups is 1. The van der Waals surface area contributed by atoms with Gasteiger partial charge in [0.2, 0.25) is 0 Å². The second-order valence-corrected chi connectivity index (χ2v) is 5.42. The molecule has 0 amide bonds. The van der Waals surface area contributed by atoms with Gasteiger partial charge in [-0.3, -0.25) is 4.68 Å². The van der Waals surface area contributed by atoms with E-state index in [0.29, 0.717) is 11.5 Å². The minimum Gasteiger partial charge on any atom is -0.478 e. The molecule has 1 heterocycles. The van der Waals surface area contributed by atoms with Crippen LogP contribution < -0.4 is 0 Å². The highest BCUT2D eigenvalue weighted by molar-refractivity contribution is 5.88. The van der Waals surface area contributed by atoms with E-state index in [0.717, 1.165) is 25.1 Å². The van der Waals surface area contributed by atoms with Crippen LogP contribution in [0.25, 0.3) is 0 Å². The number of hydrogen-bond acceptors (Lipinski definition) is 2. The lowest BCUT2D eigenvalue weighted by Crippen LogP contribution is -2.17. The number of carboxylic acid groups (broad SMARTS) is 1. The quantitative estimate of drug-likeness (QED) is 0.932. The first-order valence-corrected chi connectivity index (χ1v) is 7.00. The van der Waals surface area contributed by atoms with E-state index in [4.69, 9.17) is 5.11 Å². The van der Waals surface area contributed by atoms with E-state index < -0.39 is 5.97 Å². The van der Waals surface area contributed by atoms with Gasteiger partial charge in [0, 0.05) is 18.2 Å². The predicted octanol–water partition coefficient (Wildman–Crippen LogP) is 3.01. The van der Waals surface area contributed by atoms with E-state index in [2.05, 4.69) is 29.4 Å². The van der Waals surface area contributed by atoms with Crippen LogP contribution in [-0.4, -0.2) is 20.9 Å². The van der Waals surface area contributed by atoms with Crippen molar-refractivity contribution in [2.24, 2.45) is 0 Å². The summed E-state index contributed by atoms with van der Waals surface area (Å²) in [4.78, 5) is 11.1. The summed E-state index contributed by atoms with van der Waals surface area (Å²) in [5.41, 5.74) is 3.85. The Morgan fingerprint density at radius 2 is 2.25 bits per heavy atom. The zero-order chi connectivity index (χ0) is 14.1. The minimum atomic E-state index is -0.905. The van der Waals surface area contributed by atoms with E-state index in [1.807, 2.05) is 11.6 Å². The average molecular weight is 270 g/mol. The predicted molar refractivity (Wildman–Crippen MR) is 76.0 cm³/mol. The second kappa shape index (κ2) is 5.12. The Balaban J connectivity index is 1.88. The van der Waals surface area contributed by atoms with Gasteiger partial charge in [0.15, 0.2) is 0 Å². The molecule has 0 bridgehead atoms. The molecule has 1 aliphatic carbocycles. The van der Waals surface area contributed by atoms with Crippen molar-refractivity contribution >= 4 is 5.97 Å². The summed E-state index contributed by atoms with van der Waals surface area (Å²) >= 11 is 0. The normalized spacial score (nSPS) is 17.8. The van der Waals surface area contributed by atoms with Gasteiger partial charge < -0.3 is 5.11 Å². The van der Waals surface area contributed by atoms with Crippen LogP contribution in [0.1, 0.15) is 45.9 Å². The Morgan fingerprint density at radius 1 is 1.45 bits per heavy atom. The van der Waals surface area contributed by atoms with E-state index in [9.17, 15) is 4.79 Å². The van der Waals surface area contributed by atoms with Crippen LogP contribution in [0.2, 0.25) is 0 Å². The number of carboxylic acids is 1. The van der Waals surface area contributed by atoms with Crippen LogP contribution in [-0.2, 0) is 13.0 Å². The van der Waals surface area contributed by atoms with E-state index in [-0.39, 0.29) is 0 Å². The van der Waals surface area contributed by atoms with Crippen molar-refractivity contribution in [1.29, 1.82) is 0 Å². The molecule has 1 aliphatic rings. The molecule has 2 aromatic rings. The number of aryl methyl sites for hydroxylation is 1. The molecule has 1 atom stereocenters. The summed E-state index contributed by atoms with van der Waals surface area (Å²) in [5, 5.41) is 13.3. The summed E-state index contributed by atoms with van der Waals surface area (Å²) in [5.74, 6) is -0.474. The Hall–Kier alpha value is -2.10. The smallest absolute Gasteiger partial charge is 0.339 e. The van der Waals surface area contributed by atoms with Crippen molar-refractivity contribution in [2.75, 3.05) is 0 Å². The lowest BCUT2D eigenvalue weighted by Gasteiger charge is -2.25. The van der Waals surface area contributed by atoms with Crippen LogP contribution in [0.15, 0.2) is 30.5 Å². The van der Waals surface area contributed by atoms with E-state index >= 15 is 0 Å². The first-order chi connectivity index (χ1) is 9.66. The molecule has 0 saturated carbocycles. The molecule has 0 spiro atoms. The zero-order valence-electron chi connectivity index (χ0n) is 11.5. The molecule has 1 aromatic carbocycles.